The van der Waals surface area contributed by atoms with Crippen LogP contribution in [0.5, 0.6) is 11.5 Å². The van der Waals surface area contributed by atoms with E-state index in [1.54, 1.807) is 43.3 Å². The van der Waals surface area contributed by atoms with Gasteiger partial charge < -0.3 is 9.47 Å². The lowest BCUT2D eigenvalue weighted by Gasteiger charge is -2.20. The van der Waals surface area contributed by atoms with Gasteiger partial charge in [0.25, 0.3) is 5.91 Å². The Kier molecular flexibility index (Phi) is 6.59. The Bertz CT molecular complexity index is 1440. The van der Waals surface area contributed by atoms with Crippen LogP contribution in [-0.4, -0.2) is 53.5 Å². The Balaban J connectivity index is 1.62. The van der Waals surface area contributed by atoms with E-state index in [1.165, 1.54) is 12.1 Å². The zero-order valence-electron chi connectivity index (χ0n) is 18.9. The number of fused-ring (bicyclic) bond motifs is 1. The molecule has 2 aliphatic heterocycles. The number of amides is 1. The zero-order valence-corrected chi connectivity index (χ0v) is 20.6. The number of benzene rings is 2. The van der Waals surface area contributed by atoms with Crippen molar-refractivity contribution in [2.45, 2.75) is 13.8 Å². The van der Waals surface area contributed by atoms with E-state index in [0.29, 0.717) is 29.5 Å². The highest BCUT2D eigenvalue weighted by molar-refractivity contribution is 8.42. The van der Waals surface area contributed by atoms with E-state index < -0.39 is 21.7 Å². The summed E-state index contributed by atoms with van der Waals surface area (Å²) in [6.07, 6.45) is 2.40. The summed E-state index contributed by atoms with van der Waals surface area (Å²) in [5.41, 5.74) is 1.80. The van der Waals surface area contributed by atoms with Gasteiger partial charge in [0.2, 0.25) is 19.4 Å². The van der Waals surface area contributed by atoms with Crippen molar-refractivity contribution in [2.75, 3.05) is 12.9 Å². The minimum Gasteiger partial charge on any atom is -0.490 e. The minimum absolute atomic E-state index is 0.00551. The number of nitrogens with zero attached hydrogens (tertiary/aromatic N) is 3. The highest BCUT2D eigenvalue weighted by atomic mass is 32.3. The molecule has 0 aromatic heterocycles. The molecule has 0 saturated carbocycles. The molecule has 0 saturated heterocycles. The number of nitrogens with one attached hydrogen (secondary N) is 1. The molecular formula is C23H20N4O6S2. The maximum Gasteiger partial charge on any atom is 0.343 e. The topological polar surface area (TPSA) is 139 Å². The second kappa shape index (κ2) is 9.47. The number of sulfone groups is 1. The van der Waals surface area contributed by atoms with Crippen molar-refractivity contribution in [3.05, 3.63) is 64.7 Å². The molecule has 1 amide bonds. The quantitative estimate of drug-likeness (QED) is 0.366. The van der Waals surface area contributed by atoms with E-state index in [2.05, 4.69) is 10.1 Å². The number of thioether (sulfide) groups is 1. The van der Waals surface area contributed by atoms with Crippen LogP contribution < -0.4 is 9.47 Å². The fourth-order valence-corrected chi connectivity index (χ4v) is 4.79. The van der Waals surface area contributed by atoms with Gasteiger partial charge in [0.1, 0.15) is 0 Å². The summed E-state index contributed by atoms with van der Waals surface area (Å²) in [7, 11) is -3.62. The van der Waals surface area contributed by atoms with E-state index in [-0.39, 0.29) is 32.5 Å². The van der Waals surface area contributed by atoms with Gasteiger partial charge in [0, 0.05) is 6.26 Å². The molecule has 0 fully saturated rings. The zero-order chi connectivity index (χ0) is 25.3. The van der Waals surface area contributed by atoms with Crippen LogP contribution in [0, 0.1) is 12.3 Å². The molecule has 12 heteroatoms. The Morgan fingerprint density at radius 3 is 2.54 bits per heavy atom. The number of aryl methyl sites for hydroxylation is 1. The Morgan fingerprint density at radius 1 is 1.17 bits per heavy atom. The first kappa shape index (κ1) is 24.4. The van der Waals surface area contributed by atoms with Gasteiger partial charge in [-0.1, -0.05) is 23.8 Å². The fraction of sp³-hybridized carbons (Fsp3) is 0.174. The van der Waals surface area contributed by atoms with Gasteiger partial charge in [0.15, 0.2) is 17.3 Å². The van der Waals surface area contributed by atoms with Crippen molar-refractivity contribution in [1.82, 2.24) is 5.01 Å². The SMILES string of the molecule is CCOc1cc(/C=C2/C(=N)N3N=C(S(C)(=O)=O)SC3=NC2=O)ccc1OC(=O)c1ccc(C)cc1. The van der Waals surface area contributed by atoms with Gasteiger partial charge in [-0.2, -0.15) is 10.0 Å². The summed E-state index contributed by atoms with van der Waals surface area (Å²) in [5, 5.41) is 13.3. The third-order valence-electron chi connectivity index (χ3n) is 4.82. The van der Waals surface area contributed by atoms with Crippen LogP contribution in [-0.2, 0) is 14.6 Å². The number of amidine groups is 2. The number of carbonyl (C=O) groups is 2. The van der Waals surface area contributed by atoms with Crippen LogP contribution in [0.1, 0.15) is 28.4 Å². The molecule has 2 aromatic rings. The van der Waals surface area contributed by atoms with E-state index in [9.17, 15) is 18.0 Å². The summed E-state index contributed by atoms with van der Waals surface area (Å²) in [6.45, 7) is 3.99. The third kappa shape index (κ3) is 5.17. The van der Waals surface area contributed by atoms with Crippen molar-refractivity contribution in [3.63, 3.8) is 0 Å². The van der Waals surface area contributed by atoms with Crippen LogP contribution in [0.25, 0.3) is 6.08 Å². The van der Waals surface area contributed by atoms with Gasteiger partial charge in [-0.3, -0.25) is 10.2 Å². The molecular weight excluding hydrogens is 492 g/mol. The highest BCUT2D eigenvalue weighted by Crippen LogP contribution is 2.33. The summed E-state index contributed by atoms with van der Waals surface area (Å²) >= 11 is 0.714. The molecule has 0 unspecified atom stereocenters. The normalized spacial score (nSPS) is 16.7. The first-order chi connectivity index (χ1) is 16.6. The lowest BCUT2D eigenvalue weighted by molar-refractivity contribution is -0.114. The number of hydrazone groups is 1. The number of ether oxygens (including phenoxy) is 2. The molecule has 2 aromatic carbocycles. The van der Waals surface area contributed by atoms with E-state index in [0.717, 1.165) is 16.8 Å². The van der Waals surface area contributed by atoms with Crippen molar-refractivity contribution in [1.29, 1.82) is 5.41 Å². The smallest absolute Gasteiger partial charge is 0.343 e. The van der Waals surface area contributed by atoms with Gasteiger partial charge in [-0.25, -0.2) is 13.2 Å². The molecule has 0 spiro atoms. The number of aliphatic imine (C=N–C) groups is 1. The fourth-order valence-electron chi connectivity index (χ4n) is 3.11. The first-order valence-electron chi connectivity index (χ1n) is 10.3. The van der Waals surface area contributed by atoms with Crippen LogP contribution in [0.15, 0.2) is 58.1 Å². The molecule has 0 bridgehead atoms. The Labute approximate surface area is 205 Å². The second-order valence-corrected chi connectivity index (χ2v) is 10.7. The van der Waals surface area contributed by atoms with Crippen LogP contribution >= 0.6 is 11.8 Å². The van der Waals surface area contributed by atoms with Crippen molar-refractivity contribution in [2.24, 2.45) is 10.1 Å². The summed E-state index contributed by atoms with van der Waals surface area (Å²) < 4.78 is 34.5. The molecule has 4 rings (SSSR count). The number of hydrogen-bond acceptors (Lipinski definition) is 9. The standard InChI is InChI=1S/C23H20N4O6S2/c1-4-32-18-12-14(7-10-17(18)33-21(29)15-8-5-13(2)6-9-15)11-16-19(24)27-22(25-20(16)28)34-23(26-27)35(3,30)31/h5-12,24H,4H2,1-3H3/b16-11-,24-19?. The van der Waals surface area contributed by atoms with Crippen LogP contribution in [0.4, 0.5) is 0 Å². The van der Waals surface area contributed by atoms with Crippen LogP contribution in [0.2, 0.25) is 0 Å². The van der Waals surface area contributed by atoms with E-state index in [4.69, 9.17) is 14.9 Å². The van der Waals surface area contributed by atoms with E-state index >= 15 is 0 Å². The van der Waals surface area contributed by atoms with Gasteiger partial charge in [0.05, 0.1) is 17.7 Å². The lowest BCUT2D eigenvalue weighted by Crippen LogP contribution is -2.35. The van der Waals surface area contributed by atoms with Gasteiger partial charge in [-0.15, -0.1) is 5.10 Å². The summed E-state index contributed by atoms with van der Waals surface area (Å²) in [4.78, 5) is 29.0. The average Bonchev–Trinajstić information content (AvgIpc) is 3.23. The maximum atomic E-state index is 12.6. The second-order valence-electron chi connectivity index (χ2n) is 7.55. The molecule has 180 valence electrons. The van der Waals surface area contributed by atoms with Gasteiger partial charge >= 0.3 is 5.97 Å². The summed E-state index contributed by atoms with van der Waals surface area (Å²) in [6, 6.07) is 11.6. The number of esters is 1. The van der Waals surface area contributed by atoms with Crippen molar-refractivity contribution in [3.8, 4) is 11.5 Å². The van der Waals surface area contributed by atoms with Crippen molar-refractivity contribution < 1.29 is 27.5 Å². The molecule has 2 aliphatic rings. The molecule has 0 atom stereocenters. The minimum atomic E-state index is -3.62. The predicted octanol–water partition coefficient (Wildman–Crippen LogP) is 3.23. The average molecular weight is 513 g/mol. The molecule has 0 radical (unpaired) electrons. The molecule has 10 nitrogen and oxygen atoms in total. The molecule has 0 aliphatic carbocycles. The number of carbonyl (C=O) groups excluding carboxylic acids is 2. The highest BCUT2D eigenvalue weighted by Gasteiger charge is 2.38. The maximum absolute atomic E-state index is 12.6. The predicted molar refractivity (Wildman–Crippen MR) is 134 cm³/mol. The van der Waals surface area contributed by atoms with Gasteiger partial charge in [-0.05, 0) is 61.5 Å². The number of rotatable bonds is 5. The molecule has 35 heavy (non-hydrogen) atoms. The summed E-state index contributed by atoms with van der Waals surface area (Å²) in [5.74, 6) is -1.08. The monoisotopic (exact) mass is 512 g/mol. The molecule has 2 heterocycles. The van der Waals surface area contributed by atoms with Crippen LogP contribution in [0.3, 0.4) is 0 Å². The Hall–Kier alpha value is -3.77. The van der Waals surface area contributed by atoms with E-state index in [1.807, 2.05) is 6.92 Å². The van der Waals surface area contributed by atoms with Crippen molar-refractivity contribution >= 4 is 54.9 Å². The largest absolute Gasteiger partial charge is 0.490 e. The number of hydrogen-bond donors (Lipinski definition) is 1. The third-order valence-corrected chi connectivity index (χ3v) is 7.40. The molecule has 1 N–H and O–H groups in total. The first-order valence-corrected chi connectivity index (χ1v) is 13.0. The lowest BCUT2D eigenvalue weighted by atomic mass is 10.1. The Morgan fingerprint density at radius 2 is 1.89 bits per heavy atom.